The average Bonchev–Trinajstić information content (AvgIpc) is 3.01. The zero-order valence-corrected chi connectivity index (χ0v) is 24.4. The number of likely N-dealkylation sites (N-methyl/N-ethyl adjacent to an activating group) is 1. The number of urea groups is 1. The highest BCUT2D eigenvalue weighted by molar-refractivity contribution is 6.00. The van der Waals surface area contributed by atoms with Crippen LogP contribution in [0.5, 0.6) is 5.75 Å². The van der Waals surface area contributed by atoms with Gasteiger partial charge >= 0.3 is 12.0 Å². The third-order valence-corrected chi connectivity index (χ3v) is 7.42. The van der Waals surface area contributed by atoms with E-state index >= 15 is 0 Å². The highest BCUT2D eigenvalue weighted by atomic mass is 19.1. The molecule has 0 aliphatic carbocycles. The number of amides is 3. The number of rotatable bonds is 9. The lowest BCUT2D eigenvalue weighted by molar-refractivity contribution is -0.134. The Morgan fingerprint density at radius 1 is 1.07 bits per heavy atom. The molecule has 1 aliphatic heterocycles. The van der Waals surface area contributed by atoms with Gasteiger partial charge in [-0.15, -0.1) is 0 Å². The molecular formula is C32H37FN4O6. The Morgan fingerprint density at radius 2 is 1.72 bits per heavy atom. The average molecular weight is 593 g/mol. The van der Waals surface area contributed by atoms with Crippen molar-refractivity contribution in [3.05, 3.63) is 89.2 Å². The first-order valence-corrected chi connectivity index (χ1v) is 14.1. The fourth-order valence-electron chi connectivity index (χ4n) is 4.99. The summed E-state index contributed by atoms with van der Waals surface area (Å²) in [6.45, 7) is 5.06. The molecule has 11 heteroatoms. The maximum Gasteiger partial charge on any atom is 0.335 e. The molecule has 3 atom stereocenters. The van der Waals surface area contributed by atoms with E-state index in [1.165, 1.54) is 24.3 Å². The molecule has 1 heterocycles. The number of halogens is 1. The van der Waals surface area contributed by atoms with E-state index in [1.54, 1.807) is 54.3 Å². The number of aromatic carboxylic acids is 1. The highest BCUT2D eigenvalue weighted by Crippen LogP contribution is 2.29. The molecule has 4 rings (SSSR count). The Kier molecular flexibility index (Phi) is 10.3. The number of anilines is 2. The van der Waals surface area contributed by atoms with E-state index in [1.807, 2.05) is 14.0 Å². The molecular weight excluding hydrogens is 555 g/mol. The van der Waals surface area contributed by atoms with Crippen LogP contribution in [-0.2, 0) is 17.8 Å². The van der Waals surface area contributed by atoms with Gasteiger partial charge < -0.3 is 30.5 Å². The molecule has 3 aromatic carbocycles. The summed E-state index contributed by atoms with van der Waals surface area (Å²) in [7, 11) is 1.95. The topological polar surface area (TPSA) is 131 Å². The van der Waals surface area contributed by atoms with Crippen LogP contribution in [0.15, 0.2) is 66.7 Å². The minimum atomic E-state index is -0.977. The summed E-state index contributed by atoms with van der Waals surface area (Å²) in [4.78, 5) is 41.0. The van der Waals surface area contributed by atoms with Crippen LogP contribution in [0.3, 0.4) is 0 Å². The van der Waals surface area contributed by atoms with Crippen molar-refractivity contribution in [2.45, 2.75) is 39.0 Å². The lowest BCUT2D eigenvalue weighted by Gasteiger charge is -2.34. The van der Waals surface area contributed by atoms with Crippen LogP contribution in [0, 0.1) is 11.7 Å². The zero-order chi connectivity index (χ0) is 31.1. The van der Waals surface area contributed by atoms with Crippen molar-refractivity contribution in [2.24, 2.45) is 5.92 Å². The Morgan fingerprint density at radius 3 is 2.37 bits per heavy atom. The number of carboxylic acids is 1. The fraction of sp³-hybridized carbons (Fsp3) is 0.344. The van der Waals surface area contributed by atoms with E-state index < -0.39 is 23.9 Å². The number of carbonyl (C=O) groups is 3. The van der Waals surface area contributed by atoms with Crippen LogP contribution >= 0.6 is 0 Å². The third-order valence-electron chi connectivity index (χ3n) is 7.42. The molecule has 0 radical (unpaired) electrons. The number of aliphatic hydroxyl groups is 1. The van der Waals surface area contributed by atoms with Crippen LogP contribution in [0.2, 0.25) is 0 Å². The Labute approximate surface area is 250 Å². The molecule has 1 aliphatic rings. The first kappa shape index (κ1) is 31.5. The number of hydrogen-bond donors (Lipinski definition) is 4. The summed E-state index contributed by atoms with van der Waals surface area (Å²) in [5, 5.41) is 24.5. The maximum atomic E-state index is 13.5. The minimum Gasteiger partial charge on any atom is -0.488 e. The molecule has 4 N–H and O–H groups in total. The summed E-state index contributed by atoms with van der Waals surface area (Å²) in [5.74, 6) is -1.13. The Balaban J connectivity index is 1.54. The normalized spacial score (nSPS) is 17.6. The van der Waals surface area contributed by atoms with Gasteiger partial charge in [0, 0.05) is 42.5 Å². The van der Waals surface area contributed by atoms with Crippen LogP contribution in [0.25, 0.3) is 0 Å². The predicted molar refractivity (Wildman–Crippen MR) is 161 cm³/mol. The number of ether oxygens (including phenoxy) is 1. The van der Waals surface area contributed by atoms with Gasteiger partial charge in [0.2, 0.25) is 5.91 Å². The SMILES string of the molecule is CC1CN(C(C)CO)C(=O)Cc2cc(NC(=O)Nc3ccc(F)cc3)ccc2OC1CN(C)Cc1ccc(C(=O)O)cc1. The molecule has 0 spiro atoms. The van der Waals surface area contributed by atoms with Gasteiger partial charge in [-0.25, -0.2) is 14.0 Å². The number of hydrogen-bond acceptors (Lipinski definition) is 6. The molecule has 43 heavy (non-hydrogen) atoms. The van der Waals surface area contributed by atoms with Crippen LogP contribution in [0.4, 0.5) is 20.6 Å². The molecule has 0 saturated heterocycles. The number of aliphatic hydroxyl groups excluding tert-OH is 1. The molecule has 3 amide bonds. The molecule has 3 aromatic rings. The predicted octanol–water partition coefficient (Wildman–Crippen LogP) is 4.45. The summed E-state index contributed by atoms with van der Waals surface area (Å²) in [5.41, 5.74) is 2.63. The molecule has 0 aromatic heterocycles. The van der Waals surface area contributed by atoms with E-state index in [-0.39, 0.29) is 36.5 Å². The Bertz CT molecular complexity index is 1430. The Hall–Kier alpha value is -4.48. The van der Waals surface area contributed by atoms with Crippen molar-refractivity contribution in [1.29, 1.82) is 0 Å². The van der Waals surface area contributed by atoms with Gasteiger partial charge in [0.05, 0.1) is 24.6 Å². The van der Waals surface area contributed by atoms with Crippen LogP contribution in [-0.4, -0.2) is 76.8 Å². The molecule has 228 valence electrons. The maximum absolute atomic E-state index is 13.5. The van der Waals surface area contributed by atoms with Crippen molar-refractivity contribution >= 4 is 29.3 Å². The lowest BCUT2D eigenvalue weighted by atomic mass is 10.0. The number of fused-ring (bicyclic) bond motifs is 1. The van der Waals surface area contributed by atoms with Gasteiger partial charge in [-0.1, -0.05) is 19.1 Å². The fourth-order valence-corrected chi connectivity index (χ4v) is 4.99. The lowest BCUT2D eigenvalue weighted by Crippen LogP contribution is -2.47. The van der Waals surface area contributed by atoms with Gasteiger partial charge in [-0.3, -0.25) is 9.69 Å². The van der Waals surface area contributed by atoms with Gasteiger partial charge in [-0.2, -0.15) is 0 Å². The van der Waals surface area contributed by atoms with Crippen LogP contribution < -0.4 is 15.4 Å². The second kappa shape index (κ2) is 14.1. The summed E-state index contributed by atoms with van der Waals surface area (Å²) < 4.78 is 19.7. The van der Waals surface area contributed by atoms with Crippen molar-refractivity contribution in [2.75, 3.05) is 37.4 Å². The standard InChI is InChI=1S/C32H37FN4O6/c1-20-16-37(21(2)19-38)30(39)15-24-14-27(35-32(42)34-26-10-8-25(33)9-11-26)12-13-28(24)43-29(20)18-36(3)17-22-4-6-23(7-5-22)31(40)41/h4-14,20-21,29,38H,15-19H2,1-3H3,(H,40,41)(H2,34,35,42). The quantitative estimate of drug-likeness (QED) is 0.289. The molecule has 0 saturated carbocycles. The number of benzene rings is 3. The van der Waals surface area contributed by atoms with E-state index in [0.29, 0.717) is 42.3 Å². The summed E-state index contributed by atoms with van der Waals surface area (Å²) >= 11 is 0. The van der Waals surface area contributed by atoms with Crippen molar-refractivity contribution in [1.82, 2.24) is 9.80 Å². The van der Waals surface area contributed by atoms with Gasteiger partial charge in [-0.05, 0) is 74.1 Å². The zero-order valence-electron chi connectivity index (χ0n) is 24.4. The largest absolute Gasteiger partial charge is 0.488 e. The van der Waals surface area contributed by atoms with Gasteiger partial charge in [0.25, 0.3) is 0 Å². The van der Waals surface area contributed by atoms with Crippen molar-refractivity contribution in [3.63, 3.8) is 0 Å². The van der Waals surface area contributed by atoms with Crippen molar-refractivity contribution in [3.8, 4) is 5.75 Å². The number of carboxylic acid groups (broad SMARTS) is 1. The van der Waals surface area contributed by atoms with E-state index in [9.17, 15) is 29.0 Å². The molecule has 0 bridgehead atoms. The summed E-state index contributed by atoms with van der Waals surface area (Å²) in [6.07, 6.45) is -0.318. The van der Waals surface area contributed by atoms with E-state index in [0.717, 1.165) is 5.56 Å². The number of carbonyl (C=O) groups excluding carboxylic acids is 2. The first-order valence-electron chi connectivity index (χ1n) is 14.1. The summed E-state index contributed by atoms with van der Waals surface area (Å²) in [6, 6.07) is 16.3. The van der Waals surface area contributed by atoms with Crippen LogP contribution in [0.1, 0.15) is 35.3 Å². The van der Waals surface area contributed by atoms with Crippen molar-refractivity contribution < 1.29 is 33.7 Å². The first-order chi connectivity index (χ1) is 20.5. The van der Waals surface area contributed by atoms with E-state index in [4.69, 9.17) is 4.74 Å². The third kappa shape index (κ3) is 8.52. The molecule has 3 unspecified atom stereocenters. The highest BCUT2D eigenvalue weighted by Gasteiger charge is 2.31. The minimum absolute atomic E-state index is 0.0139. The number of nitrogens with zero attached hydrogens (tertiary/aromatic N) is 2. The molecule has 10 nitrogen and oxygen atoms in total. The monoisotopic (exact) mass is 592 g/mol. The second-order valence-corrected chi connectivity index (χ2v) is 11.0. The molecule has 0 fully saturated rings. The van der Waals surface area contributed by atoms with Gasteiger partial charge in [0.1, 0.15) is 17.7 Å². The smallest absolute Gasteiger partial charge is 0.335 e. The van der Waals surface area contributed by atoms with Gasteiger partial charge in [0.15, 0.2) is 0 Å². The number of nitrogens with one attached hydrogen (secondary N) is 2. The second-order valence-electron chi connectivity index (χ2n) is 11.0. The van der Waals surface area contributed by atoms with E-state index in [2.05, 4.69) is 15.5 Å².